The van der Waals surface area contributed by atoms with Gasteiger partial charge >= 0.3 is 12.1 Å². The summed E-state index contributed by atoms with van der Waals surface area (Å²) in [6, 6.07) is 38.2. The number of carbonyl (C=O) groups is 4. The second kappa shape index (κ2) is 18.0. The number of imide groups is 1. The third-order valence-corrected chi connectivity index (χ3v) is 11.3. The Labute approximate surface area is 334 Å². The van der Waals surface area contributed by atoms with Crippen LogP contribution in [0, 0.1) is 5.92 Å². The van der Waals surface area contributed by atoms with E-state index in [2.05, 4.69) is 12.2 Å². The number of aliphatic hydroxyl groups is 1. The van der Waals surface area contributed by atoms with Crippen LogP contribution < -0.4 is 5.32 Å². The zero-order valence-electron chi connectivity index (χ0n) is 31.2. The van der Waals surface area contributed by atoms with Crippen molar-refractivity contribution in [2.45, 2.75) is 62.5 Å². The van der Waals surface area contributed by atoms with Gasteiger partial charge in [0.05, 0.1) is 37.3 Å². The molecule has 2 saturated heterocycles. The van der Waals surface area contributed by atoms with E-state index in [-0.39, 0.29) is 55.8 Å². The largest absolute Gasteiger partial charge is 0.478 e. The van der Waals surface area contributed by atoms with E-state index in [9.17, 15) is 29.4 Å². The van der Waals surface area contributed by atoms with Crippen LogP contribution in [0.3, 0.4) is 0 Å². The second-order valence-corrected chi connectivity index (χ2v) is 15.1. The number of nitrogens with zero attached hydrogens (tertiary/aromatic N) is 1. The minimum absolute atomic E-state index is 0.0469. The smallest absolute Gasteiger partial charge is 0.408 e. The molecule has 3 amide bonds. The van der Waals surface area contributed by atoms with Gasteiger partial charge in [0.15, 0.2) is 6.29 Å². The lowest BCUT2D eigenvalue weighted by molar-refractivity contribution is -0.268. The molecule has 0 bridgehead atoms. The standard InChI is InChI=1S/C45H42N2O9S/c1-28-38(27-57-39-13-6-5-12-36(39)43(51)52)55-44(56-41(28)33-16-14-29(25-48)15-17-33)34-20-18-32(19-21-34)35-11-7-10-31(22-35)24-47-40(49)23-37(42(47)50)46-45(53)54-26-30-8-3-2-4-9-30/h2-22,28,37-38,41,44,48H,23-27H2,1H3,(H,46,53)(H,51,52). The van der Waals surface area contributed by atoms with E-state index in [0.717, 1.165) is 43.8 Å². The van der Waals surface area contributed by atoms with Crippen LogP contribution in [-0.2, 0) is 43.6 Å². The molecule has 3 N–H and O–H groups in total. The highest BCUT2D eigenvalue weighted by Crippen LogP contribution is 2.43. The Kier molecular flexibility index (Phi) is 12.4. The molecule has 0 aliphatic carbocycles. The summed E-state index contributed by atoms with van der Waals surface area (Å²) in [7, 11) is 0. The van der Waals surface area contributed by atoms with Crippen molar-refractivity contribution in [2.75, 3.05) is 5.75 Å². The van der Waals surface area contributed by atoms with Crippen molar-refractivity contribution < 1.29 is 43.6 Å². The van der Waals surface area contributed by atoms with Crippen LogP contribution >= 0.6 is 11.8 Å². The maximum Gasteiger partial charge on any atom is 0.408 e. The van der Waals surface area contributed by atoms with Crippen LogP contribution in [-0.4, -0.2) is 56.9 Å². The molecule has 12 heteroatoms. The van der Waals surface area contributed by atoms with Gasteiger partial charge in [-0.15, -0.1) is 11.8 Å². The van der Waals surface area contributed by atoms with Crippen molar-refractivity contribution in [3.63, 3.8) is 0 Å². The summed E-state index contributed by atoms with van der Waals surface area (Å²) in [4.78, 5) is 52.2. The number of aliphatic hydroxyl groups excluding tert-OH is 1. The zero-order chi connectivity index (χ0) is 39.9. The molecule has 5 aromatic rings. The molecule has 7 rings (SSSR count). The number of alkyl carbamates (subject to hydrolysis) is 1. The number of rotatable bonds is 13. The number of hydrogen-bond donors (Lipinski definition) is 3. The summed E-state index contributed by atoms with van der Waals surface area (Å²) < 4.78 is 18.5. The molecular formula is C45H42N2O9S. The summed E-state index contributed by atoms with van der Waals surface area (Å²) in [6.45, 7) is 2.10. The molecule has 0 saturated carbocycles. The maximum atomic E-state index is 13.2. The first-order valence-electron chi connectivity index (χ1n) is 18.6. The highest BCUT2D eigenvalue weighted by molar-refractivity contribution is 7.99. The molecule has 57 heavy (non-hydrogen) atoms. The van der Waals surface area contributed by atoms with Crippen molar-refractivity contribution in [3.05, 3.63) is 161 Å². The van der Waals surface area contributed by atoms with Crippen LogP contribution in [0.1, 0.15) is 63.9 Å². The van der Waals surface area contributed by atoms with Crippen molar-refractivity contribution in [3.8, 4) is 11.1 Å². The van der Waals surface area contributed by atoms with Gasteiger partial charge in [0.25, 0.3) is 5.91 Å². The maximum absolute atomic E-state index is 13.2. The number of thioether (sulfide) groups is 1. The quantitative estimate of drug-likeness (QED) is 0.0801. The van der Waals surface area contributed by atoms with Crippen molar-refractivity contribution in [1.29, 1.82) is 0 Å². The van der Waals surface area contributed by atoms with Crippen molar-refractivity contribution in [2.24, 2.45) is 5.92 Å². The molecule has 2 heterocycles. The lowest BCUT2D eigenvalue weighted by Gasteiger charge is -2.41. The van der Waals surface area contributed by atoms with Crippen molar-refractivity contribution in [1.82, 2.24) is 10.2 Å². The van der Waals surface area contributed by atoms with Gasteiger partial charge in [-0.05, 0) is 51.6 Å². The average molecular weight is 787 g/mol. The minimum atomic E-state index is -0.998. The highest BCUT2D eigenvalue weighted by atomic mass is 32.2. The fourth-order valence-corrected chi connectivity index (χ4v) is 8.20. The zero-order valence-corrected chi connectivity index (χ0v) is 32.0. The van der Waals surface area contributed by atoms with Crippen LogP contribution in [0.15, 0.2) is 132 Å². The molecule has 2 fully saturated rings. The van der Waals surface area contributed by atoms with E-state index < -0.39 is 30.3 Å². The Morgan fingerprint density at radius 2 is 1.51 bits per heavy atom. The normalized spacial score (nSPS) is 20.7. The average Bonchev–Trinajstić information content (AvgIpc) is 3.50. The van der Waals surface area contributed by atoms with Crippen molar-refractivity contribution >= 4 is 35.6 Å². The van der Waals surface area contributed by atoms with E-state index in [0.29, 0.717) is 10.6 Å². The first-order chi connectivity index (χ1) is 27.7. The van der Waals surface area contributed by atoms with Gasteiger partial charge < -0.3 is 29.7 Å². The Bertz CT molecular complexity index is 2210. The SMILES string of the molecule is CC1C(CSc2ccccc2C(=O)O)OC(c2ccc(-c3cccc(CN4C(=O)CC(NC(=O)OCc5ccccc5)C4=O)c3)cc2)OC1c1ccc(CO)cc1. The number of likely N-dealkylation sites (tertiary alicyclic amines) is 1. The number of aromatic carboxylic acids is 1. The van der Waals surface area contributed by atoms with Gasteiger partial charge in [-0.2, -0.15) is 0 Å². The fraction of sp³-hybridized carbons (Fsp3) is 0.244. The first-order valence-corrected chi connectivity index (χ1v) is 19.6. The second-order valence-electron chi connectivity index (χ2n) is 14.0. The van der Waals surface area contributed by atoms with Crippen LogP contribution in [0.4, 0.5) is 4.79 Å². The number of benzene rings is 5. The topological polar surface area (TPSA) is 152 Å². The Morgan fingerprint density at radius 1 is 0.807 bits per heavy atom. The molecule has 0 spiro atoms. The number of hydrogen-bond acceptors (Lipinski definition) is 9. The lowest BCUT2D eigenvalue weighted by Crippen LogP contribution is -2.41. The van der Waals surface area contributed by atoms with E-state index in [1.54, 1.807) is 18.2 Å². The lowest BCUT2D eigenvalue weighted by atomic mass is 9.91. The van der Waals surface area contributed by atoms with Gasteiger partial charge in [-0.1, -0.05) is 116 Å². The molecule has 5 aromatic carbocycles. The molecule has 2 aliphatic heterocycles. The summed E-state index contributed by atoms with van der Waals surface area (Å²) in [6.07, 6.45) is -2.25. The summed E-state index contributed by atoms with van der Waals surface area (Å²) in [5.41, 5.74) is 6.12. The van der Waals surface area contributed by atoms with Crippen LogP contribution in [0.5, 0.6) is 0 Å². The highest BCUT2D eigenvalue weighted by Gasteiger charge is 2.40. The third-order valence-electron chi connectivity index (χ3n) is 10.2. The molecule has 5 unspecified atom stereocenters. The van der Waals surface area contributed by atoms with E-state index in [4.69, 9.17) is 14.2 Å². The predicted octanol–water partition coefficient (Wildman–Crippen LogP) is 7.68. The Morgan fingerprint density at radius 3 is 2.25 bits per heavy atom. The first kappa shape index (κ1) is 39.4. The third kappa shape index (κ3) is 9.44. The van der Waals surface area contributed by atoms with E-state index in [1.165, 1.54) is 11.8 Å². The number of carbonyl (C=O) groups excluding carboxylic acids is 3. The number of amides is 3. The molecule has 0 radical (unpaired) electrons. The molecule has 2 aliphatic rings. The number of nitrogens with one attached hydrogen (secondary N) is 1. The van der Waals surface area contributed by atoms with Gasteiger partial charge in [0, 0.05) is 22.1 Å². The monoisotopic (exact) mass is 786 g/mol. The number of carboxylic acids is 1. The molecular weight excluding hydrogens is 745 g/mol. The minimum Gasteiger partial charge on any atom is -0.478 e. The van der Waals surface area contributed by atoms with E-state index >= 15 is 0 Å². The molecule has 0 aromatic heterocycles. The summed E-state index contributed by atoms with van der Waals surface area (Å²) in [5, 5.41) is 21.9. The van der Waals surface area contributed by atoms with Gasteiger partial charge in [0.2, 0.25) is 5.91 Å². The van der Waals surface area contributed by atoms with Crippen LogP contribution in [0.2, 0.25) is 0 Å². The fourth-order valence-electron chi connectivity index (χ4n) is 6.98. The number of ether oxygens (including phenoxy) is 3. The van der Waals surface area contributed by atoms with Gasteiger partial charge in [-0.3, -0.25) is 14.5 Å². The van der Waals surface area contributed by atoms with Gasteiger partial charge in [-0.25, -0.2) is 9.59 Å². The Balaban J connectivity index is 1.03. The summed E-state index contributed by atoms with van der Waals surface area (Å²) >= 11 is 1.44. The van der Waals surface area contributed by atoms with E-state index in [1.807, 2.05) is 109 Å². The molecule has 292 valence electrons. The van der Waals surface area contributed by atoms with Gasteiger partial charge in [0.1, 0.15) is 12.6 Å². The molecule has 11 nitrogen and oxygen atoms in total. The Hall–Kier alpha value is -5.79. The number of carboxylic acid groups (broad SMARTS) is 1. The van der Waals surface area contributed by atoms with Crippen LogP contribution in [0.25, 0.3) is 11.1 Å². The predicted molar refractivity (Wildman–Crippen MR) is 213 cm³/mol. The molecule has 5 atom stereocenters. The summed E-state index contributed by atoms with van der Waals surface area (Å²) in [5.74, 6) is -1.43.